The second kappa shape index (κ2) is 8.86. The van der Waals surface area contributed by atoms with Crippen molar-refractivity contribution in [1.82, 2.24) is 14.7 Å². The lowest BCUT2D eigenvalue weighted by Crippen LogP contribution is -2.66. The molecule has 8 rings (SSSR count). The number of likely N-dealkylation sites (N-methyl/N-ethyl adjacent to an activating group) is 1. The fraction of sp³-hybridized carbons (Fsp3) is 0.429. The van der Waals surface area contributed by atoms with Gasteiger partial charge in [-0.25, -0.2) is 0 Å². The molecule has 1 N–H and O–H groups in total. The van der Waals surface area contributed by atoms with E-state index in [1.807, 2.05) is 6.07 Å². The average molecular weight is 534 g/mol. The van der Waals surface area contributed by atoms with Crippen molar-refractivity contribution in [2.24, 2.45) is 5.92 Å². The van der Waals surface area contributed by atoms with Crippen molar-refractivity contribution in [3.63, 3.8) is 0 Å². The Hall–Kier alpha value is -3.28. The highest BCUT2D eigenvalue weighted by Gasteiger charge is 2.66. The first-order chi connectivity index (χ1) is 19.4. The molecule has 5 aliphatic rings. The maximum atomic E-state index is 11.0. The van der Waals surface area contributed by atoms with Crippen molar-refractivity contribution in [3.05, 3.63) is 105 Å². The molecule has 3 aromatic rings. The highest BCUT2D eigenvalue weighted by molar-refractivity contribution is 5.63. The molecule has 5 nitrogen and oxygen atoms in total. The Morgan fingerprint density at radius 2 is 1.60 bits per heavy atom. The second-order valence-corrected chi connectivity index (χ2v) is 13.1. The number of phenolic OH excluding ortho intramolecular Hbond substituents is 1. The summed E-state index contributed by atoms with van der Waals surface area (Å²) in [5, 5.41) is 11.0. The molecule has 4 atom stereocenters. The first kappa shape index (κ1) is 24.5. The van der Waals surface area contributed by atoms with Crippen LogP contribution in [0.1, 0.15) is 46.2 Å². The Morgan fingerprint density at radius 3 is 2.33 bits per heavy atom. The third kappa shape index (κ3) is 3.53. The van der Waals surface area contributed by atoms with Gasteiger partial charge in [0.1, 0.15) is 6.10 Å². The van der Waals surface area contributed by atoms with Gasteiger partial charge in [0.05, 0.1) is 12.4 Å². The van der Waals surface area contributed by atoms with Crippen LogP contribution in [0.25, 0.3) is 0 Å². The average Bonchev–Trinajstić information content (AvgIpc) is 3.29. The molecular formula is C35H39N3O2. The van der Waals surface area contributed by atoms with Crippen LogP contribution in [0.5, 0.6) is 11.5 Å². The lowest BCUT2D eigenvalue weighted by molar-refractivity contribution is -0.0344. The predicted octanol–water partition coefficient (Wildman–Crippen LogP) is 5.52. The number of likely N-dealkylation sites (tertiary alicyclic amines) is 1. The summed E-state index contributed by atoms with van der Waals surface area (Å²) in [5.41, 5.74) is 10.9. The molecule has 40 heavy (non-hydrogen) atoms. The molecule has 2 aliphatic carbocycles. The zero-order valence-corrected chi connectivity index (χ0v) is 23.9. The monoisotopic (exact) mass is 533 g/mol. The van der Waals surface area contributed by atoms with Crippen molar-refractivity contribution in [2.45, 2.75) is 63.8 Å². The number of ether oxygens (including phenoxy) is 1. The van der Waals surface area contributed by atoms with Gasteiger partial charge in [-0.2, -0.15) is 0 Å². The number of aromatic hydroxyl groups is 1. The SMILES string of the molecule is Cc1ccc(CN2CC3=C(C4Oc5c(O)ccc6c5[C@@]45CCN(C)[C@H](C6)[C@@H]5C3)N(Cc3ccc(C)cc3)C2)cc1. The lowest BCUT2D eigenvalue weighted by atomic mass is 9.51. The fourth-order valence-electron chi connectivity index (χ4n) is 8.74. The third-order valence-corrected chi connectivity index (χ3v) is 10.6. The van der Waals surface area contributed by atoms with Crippen molar-refractivity contribution in [2.75, 3.05) is 26.8 Å². The van der Waals surface area contributed by atoms with Gasteiger partial charge in [-0.05, 0) is 81.0 Å². The van der Waals surface area contributed by atoms with Crippen LogP contribution in [-0.4, -0.2) is 58.8 Å². The van der Waals surface area contributed by atoms with Gasteiger partial charge in [-0.3, -0.25) is 4.90 Å². The van der Waals surface area contributed by atoms with Gasteiger partial charge in [0, 0.05) is 36.7 Å². The molecular weight excluding hydrogens is 494 g/mol. The highest BCUT2D eigenvalue weighted by Crippen LogP contribution is 2.65. The first-order valence-electron chi connectivity index (χ1n) is 14.9. The second-order valence-electron chi connectivity index (χ2n) is 13.1. The Balaban J connectivity index is 1.24. The number of phenols is 1. The maximum absolute atomic E-state index is 11.0. The molecule has 1 unspecified atom stereocenters. The maximum Gasteiger partial charge on any atom is 0.166 e. The molecule has 1 spiro atoms. The van der Waals surface area contributed by atoms with Gasteiger partial charge in [-0.15, -0.1) is 0 Å². The van der Waals surface area contributed by atoms with Gasteiger partial charge in [0.2, 0.25) is 0 Å². The molecule has 3 heterocycles. The minimum atomic E-state index is -0.0533. The summed E-state index contributed by atoms with van der Waals surface area (Å²) in [6.45, 7) is 9.05. The van der Waals surface area contributed by atoms with Crippen LogP contribution < -0.4 is 4.74 Å². The molecule has 0 radical (unpaired) electrons. The Kier molecular flexibility index (Phi) is 5.43. The lowest BCUT2D eigenvalue weighted by Gasteiger charge is -2.60. The number of rotatable bonds is 4. The molecule has 206 valence electrons. The summed E-state index contributed by atoms with van der Waals surface area (Å²) in [4.78, 5) is 7.82. The van der Waals surface area contributed by atoms with E-state index in [0.29, 0.717) is 17.7 Å². The largest absolute Gasteiger partial charge is 0.504 e. The van der Waals surface area contributed by atoms with Crippen LogP contribution in [0.4, 0.5) is 0 Å². The van der Waals surface area contributed by atoms with Crippen LogP contribution >= 0.6 is 0 Å². The normalized spacial score (nSPS) is 28.8. The molecule has 0 amide bonds. The van der Waals surface area contributed by atoms with E-state index < -0.39 is 0 Å². The van der Waals surface area contributed by atoms with Crippen LogP contribution in [0.3, 0.4) is 0 Å². The summed E-state index contributed by atoms with van der Waals surface area (Å²) in [7, 11) is 2.31. The van der Waals surface area contributed by atoms with Crippen LogP contribution in [-0.2, 0) is 24.9 Å². The summed E-state index contributed by atoms with van der Waals surface area (Å²) < 4.78 is 6.98. The number of nitrogens with zero attached hydrogens (tertiary/aromatic N) is 3. The summed E-state index contributed by atoms with van der Waals surface area (Å²) in [6.07, 6.45) is 3.20. The standard InChI is InChI=1S/C35H39N3O2/c1-22-4-8-24(9-5-22)18-37-20-27-16-28-29-17-26-12-13-30(39)33-31(26)35(28,14-15-36(29)3)34(40-33)32(27)38(21-37)19-25-10-6-23(2)7-11-25/h4-13,28-29,34,39H,14-21H2,1-3H3/t28-,29+,34?,35-/m0/s1. The van der Waals surface area contributed by atoms with Crippen molar-refractivity contribution >= 4 is 0 Å². The number of fused-ring (bicyclic) bond motifs is 1. The number of aryl methyl sites for hydroxylation is 2. The summed E-state index contributed by atoms with van der Waals surface area (Å²) in [5.74, 6) is 1.58. The fourth-order valence-corrected chi connectivity index (χ4v) is 8.74. The first-order valence-corrected chi connectivity index (χ1v) is 14.9. The van der Waals surface area contributed by atoms with E-state index in [9.17, 15) is 5.11 Å². The zero-order chi connectivity index (χ0) is 27.2. The minimum Gasteiger partial charge on any atom is -0.504 e. The van der Waals surface area contributed by atoms with Gasteiger partial charge in [-0.1, -0.05) is 65.7 Å². The van der Waals surface area contributed by atoms with Crippen LogP contribution in [0, 0.1) is 19.8 Å². The predicted molar refractivity (Wildman–Crippen MR) is 157 cm³/mol. The van der Waals surface area contributed by atoms with Gasteiger partial charge in [0.15, 0.2) is 11.5 Å². The van der Waals surface area contributed by atoms with E-state index in [1.54, 1.807) is 0 Å². The minimum absolute atomic E-state index is 0.0354. The van der Waals surface area contributed by atoms with E-state index in [-0.39, 0.29) is 11.5 Å². The molecule has 3 aromatic carbocycles. The molecule has 3 aliphatic heterocycles. The number of piperidine rings is 1. The molecule has 5 heteroatoms. The van der Waals surface area contributed by atoms with E-state index >= 15 is 0 Å². The highest BCUT2D eigenvalue weighted by atomic mass is 16.5. The van der Waals surface area contributed by atoms with E-state index in [0.717, 1.165) is 57.9 Å². The molecule has 0 aromatic heterocycles. The zero-order valence-electron chi connectivity index (χ0n) is 23.9. The molecule has 1 fully saturated rings. The topological polar surface area (TPSA) is 39.2 Å². The summed E-state index contributed by atoms with van der Waals surface area (Å²) in [6, 6.07) is 22.6. The Labute approximate surface area is 237 Å². The van der Waals surface area contributed by atoms with E-state index in [4.69, 9.17) is 4.74 Å². The van der Waals surface area contributed by atoms with Gasteiger partial charge < -0.3 is 19.6 Å². The van der Waals surface area contributed by atoms with Crippen LogP contribution in [0.2, 0.25) is 0 Å². The number of hydrogen-bond donors (Lipinski definition) is 1. The van der Waals surface area contributed by atoms with Gasteiger partial charge >= 0.3 is 0 Å². The molecule has 0 saturated carbocycles. The van der Waals surface area contributed by atoms with E-state index in [2.05, 4.69) is 90.2 Å². The molecule has 2 bridgehead atoms. The van der Waals surface area contributed by atoms with Crippen molar-refractivity contribution < 1.29 is 9.84 Å². The smallest absolute Gasteiger partial charge is 0.166 e. The van der Waals surface area contributed by atoms with Gasteiger partial charge in [0.25, 0.3) is 0 Å². The Bertz CT molecular complexity index is 1510. The quantitative estimate of drug-likeness (QED) is 0.478. The number of benzene rings is 3. The summed E-state index contributed by atoms with van der Waals surface area (Å²) >= 11 is 0. The third-order valence-electron chi connectivity index (χ3n) is 10.6. The molecule has 1 saturated heterocycles. The number of hydrogen-bond acceptors (Lipinski definition) is 5. The van der Waals surface area contributed by atoms with Crippen molar-refractivity contribution in [3.8, 4) is 11.5 Å². The Morgan fingerprint density at radius 1 is 0.900 bits per heavy atom. The van der Waals surface area contributed by atoms with E-state index in [1.165, 1.54) is 44.7 Å². The van der Waals surface area contributed by atoms with Crippen LogP contribution in [0.15, 0.2) is 71.9 Å². The van der Waals surface area contributed by atoms with Crippen molar-refractivity contribution in [1.29, 1.82) is 0 Å².